The molecule has 1 aliphatic rings. The molecule has 21 heavy (non-hydrogen) atoms. The van der Waals surface area contributed by atoms with E-state index >= 15 is 0 Å². The van der Waals surface area contributed by atoms with Crippen molar-refractivity contribution in [2.45, 2.75) is 0 Å². The first-order chi connectivity index (χ1) is 9.95. The lowest BCUT2D eigenvalue weighted by Crippen LogP contribution is -2.42. The third-order valence-corrected chi connectivity index (χ3v) is 3.19. The predicted octanol–water partition coefficient (Wildman–Crippen LogP) is -0.0860. The molecule has 3 amide bonds. The molecule has 0 spiro atoms. The van der Waals surface area contributed by atoms with Gasteiger partial charge in [-0.05, 0) is 12.1 Å². The minimum Gasteiger partial charge on any atom is -0.468 e. The first-order valence-electron chi connectivity index (χ1n) is 6.21. The highest BCUT2D eigenvalue weighted by atomic mass is 16.5. The molecule has 0 N–H and O–H groups in total. The number of fused-ring (bicyclic) bond motifs is 1. The van der Waals surface area contributed by atoms with Gasteiger partial charge in [-0.3, -0.25) is 24.1 Å². The zero-order valence-corrected chi connectivity index (χ0v) is 11.7. The summed E-state index contributed by atoms with van der Waals surface area (Å²) in [4.78, 5) is 49.2. The zero-order valence-electron chi connectivity index (χ0n) is 11.7. The average Bonchev–Trinajstić information content (AvgIpc) is 2.72. The number of rotatable bonds is 4. The molecule has 2 rings (SSSR count). The Bertz CT molecular complexity index is 591. The molecule has 110 valence electrons. The number of imide groups is 1. The van der Waals surface area contributed by atoms with Crippen LogP contribution in [0.1, 0.15) is 20.7 Å². The summed E-state index contributed by atoms with van der Waals surface area (Å²) in [6.07, 6.45) is 0. The molecule has 0 aliphatic carbocycles. The second kappa shape index (κ2) is 5.74. The highest BCUT2D eigenvalue weighted by Crippen LogP contribution is 2.22. The van der Waals surface area contributed by atoms with E-state index in [1.165, 1.54) is 26.3 Å². The number of benzene rings is 1. The maximum atomic E-state index is 12.1. The number of carbonyl (C=O) groups excluding carboxylic acids is 4. The van der Waals surface area contributed by atoms with Crippen molar-refractivity contribution < 1.29 is 23.9 Å². The fourth-order valence-electron chi connectivity index (χ4n) is 1.99. The van der Waals surface area contributed by atoms with E-state index in [9.17, 15) is 19.2 Å². The molecule has 0 saturated heterocycles. The summed E-state index contributed by atoms with van der Waals surface area (Å²) in [5.74, 6) is -2.10. The standard InChI is InChI=1S/C14H14N2O5/c1-15(8-12(18)21-2)11(17)7-16-13(19)9-5-3-4-6-10(9)14(16)20/h3-6H,7-8H2,1-2H3. The second-order valence-corrected chi connectivity index (χ2v) is 4.57. The molecular weight excluding hydrogens is 276 g/mol. The summed E-state index contributed by atoms with van der Waals surface area (Å²) in [5.41, 5.74) is 0.567. The molecule has 0 bridgehead atoms. The van der Waals surface area contributed by atoms with Crippen LogP contribution in [0.5, 0.6) is 0 Å². The minimum atomic E-state index is -0.576. The second-order valence-electron chi connectivity index (χ2n) is 4.57. The zero-order chi connectivity index (χ0) is 15.6. The normalized spacial score (nSPS) is 13.1. The van der Waals surface area contributed by atoms with Crippen molar-refractivity contribution in [3.8, 4) is 0 Å². The van der Waals surface area contributed by atoms with Gasteiger partial charge in [0, 0.05) is 7.05 Å². The smallest absolute Gasteiger partial charge is 0.325 e. The number of ether oxygens (including phenoxy) is 1. The highest BCUT2D eigenvalue weighted by molar-refractivity contribution is 6.22. The number of methoxy groups -OCH3 is 1. The Morgan fingerprint density at radius 2 is 1.67 bits per heavy atom. The number of carbonyl (C=O) groups is 4. The van der Waals surface area contributed by atoms with Gasteiger partial charge in [-0.15, -0.1) is 0 Å². The van der Waals surface area contributed by atoms with E-state index in [4.69, 9.17) is 0 Å². The van der Waals surface area contributed by atoms with Crippen LogP contribution in [0.25, 0.3) is 0 Å². The van der Waals surface area contributed by atoms with Crippen molar-refractivity contribution in [1.82, 2.24) is 9.80 Å². The number of hydrogen-bond acceptors (Lipinski definition) is 5. The van der Waals surface area contributed by atoms with Gasteiger partial charge >= 0.3 is 5.97 Å². The predicted molar refractivity (Wildman–Crippen MR) is 71.5 cm³/mol. The number of likely N-dealkylation sites (N-methyl/N-ethyl adjacent to an activating group) is 1. The Labute approximate surface area is 121 Å². The number of nitrogens with zero attached hydrogens (tertiary/aromatic N) is 2. The van der Waals surface area contributed by atoms with E-state index in [0.717, 1.165) is 9.80 Å². The van der Waals surface area contributed by atoms with Crippen molar-refractivity contribution in [2.75, 3.05) is 27.2 Å². The first kappa shape index (κ1) is 14.7. The highest BCUT2D eigenvalue weighted by Gasteiger charge is 2.36. The molecule has 0 saturated carbocycles. The molecule has 0 unspecified atom stereocenters. The molecule has 0 atom stereocenters. The van der Waals surface area contributed by atoms with Crippen LogP contribution in [0, 0.1) is 0 Å². The monoisotopic (exact) mass is 290 g/mol. The molecule has 1 heterocycles. The molecule has 0 aromatic heterocycles. The largest absolute Gasteiger partial charge is 0.468 e. The maximum Gasteiger partial charge on any atom is 0.325 e. The molecule has 7 nitrogen and oxygen atoms in total. The van der Waals surface area contributed by atoms with E-state index in [0.29, 0.717) is 0 Å². The molecule has 1 aromatic rings. The van der Waals surface area contributed by atoms with Crippen molar-refractivity contribution in [3.05, 3.63) is 35.4 Å². The molecule has 1 aliphatic heterocycles. The van der Waals surface area contributed by atoms with Gasteiger partial charge in [0.15, 0.2) is 0 Å². The average molecular weight is 290 g/mol. The molecule has 0 radical (unpaired) electrons. The van der Waals surface area contributed by atoms with Crippen molar-refractivity contribution in [3.63, 3.8) is 0 Å². The van der Waals surface area contributed by atoms with Crippen molar-refractivity contribution >= 4 is 23.7 Å². The minimum absolute atomic E-state index is 0.238. The summed E-state index contributed by atoms with van der Waals surface area (Å²) >= 11 is 0. The lowest BCUT2D eigenvalue weighted by Gasteiger charge is -2.19. The van der Waals surface area contributed by atoms with Gasteiger partial charge in [-0.1, -0.05) is 12.1 Å². The molecule has 1 aromatic carbocycles. The number of esters is 1. The summed E-state index contributed by atoms with van der Waals surface area (Å²) in [6, 6.07) is 6.38. The van der Waals surface area contributed by atoms with Crippen LogP contribution in [0.15, 0.2) is 24.3 Å². The number of amides is 3. The van der Waals surface area contributed by atoms with E-state index in [1.807, 2.05) is 0 Å². The van der Waals surface area contributed by atoms with E-state index in [-0.39, 0.29) is 17.7 Å². The van der Waals surface area contributed by atoms with E-state index in [2.05, 4.69) is 4.74 Å². The maximum absolute atomic E-state index is 12.1. The van der Waals surface area contributed by atoms with Crippen molar-refractivity contribution in [2.24, 2.45) is 0 Å². The van der Waals surface area contributed by atoms with Crippen LogP contribution in [-0.4, -0.2) is 60.7 Å². The van der Waals surface area contributed by atoms with Crippen LogP contribution in [0.4, 0.5) is 0 Å². The van der Waals surface area contributed by atoms with Crippen LogP contribution in [-0.2, 0) is 14.3 Å². The number of hydrogen-bond donors (Lipinski definition) is 0. The van der Waals surface area contributed by atoms with Gasteiger partial charge in [0.1, 0.15) is 13.1 Å². The Balaban J connectivity index is 2.08. The lowest BCUT2D eigenvalue weighted by atomic mass is 10.1. The van der Waals surface area contributed by atoms with Crippen LogP contribution in [0.3, 0.4) is 0 Å². The summed E-state index contributed by atoms with van der Waals surface area (Å²) in [7, 11) is 2.61. The van der Waals surface area contributed by atoms with E-state index in [1.54, 1.807) is 12.1 Å². The van der Waals surface area contributed by atoms with Gasteiger partial charge in [0.25, 0.3) is 11.8 Å². The molecule has 0 fully saturated rings. The lowest BCUT2D eigenvalue weighted by molar-refractivity contribution is -0.146. The SMILES string of the molecule is COC(=O)CN(C)C(=O)CN1C(=O)c2ccccc2C1=O. The van der Waals surface area contributed by atoms with Gasteiger partial charge in [-0.2, -0.15) is 0 Å². The first-order valence-corrected chi connectivity index (χ1v) is 6.21. The molecule has 7 heteroatoms. The summed E-state index contributed by atoms with van der Waals surface area (Å²) in [5, 5.41) is 0. The van der Waals surface area contributed by atoms with Crippen molar-refractivity contribution in [1.29, 1.82) is 0 Å². The Morgan fingerprint density at radius 1 is 1.14 bits per heavy atom. The fraction of sp³-hybridized carbons (Fsp3) is 0.286. The summed E-state index contributed by atoms with van der Waals surface area (Å²) < 4.78 is 4.45. The summed E-state index contributed by atoms with van der Waals surface area (Å²) in [6.45, 7) is -0.641. The van der Waals surface area contributed by atoms with Gasteiger partial charge in [-0.25, -0.2) is 0 Å². The topological polar surface area (TPSA) is 84.0 Å². The van der Waals surface area contributed by atoms with E-state index < -0.39 is 30.2 Å². The van der Waals surface area contributed by atoms with Gasteiger partial charge < -0.3 is 9.64 Å². The Morgan fingerprint density at radius 3 is 2.14 bits per heavy atom. The quantitative estimate of drug-likeness (QED) is 0.572. The Hall–Kier alpha value is -2.70. The Kier molecular flexibility index (Phi) is 4.02. The third-order valence-electron chi connectivity index (χ3n) is 3.19. The van der Waals surface area contributed by atoms with Gasteiger partial charge in [0.2, 0.25) is 5.91 Å². The van der Waals surface area contributed by atoms with Crippen LogP contribution in [0.2, 0.25) is 0 Å². The molecular formula is C14H14N2O5. The fourth-order valence-corrected chi connectivity index (χ4v) is 1.99. The van der Waals surface area contributed by atoms with Crippen LogP contribution < -0.4 is 0 Å². The van der Waals surface area contributed by atoms with Crippen LogP contribution >= 0.6 is 0 Å². The third kappa shape index (κ3) is 2.76. The van der Waals surface area contributed by atoms with Gasteiger partial charge in [0.05, 0.1) is 18.2 Å².